The molecule has 170 valence electrons. The molecule has 1 aliphatic rings. The molecule has 1 saturated heterocycles. The van der Waals surface area contributed by atoms with Crippen molar-refractivity contribution in [3.8, 4) is 11.5 Å². The Morgan fingerprint density at radius 3 is 2.23 bits per heavy atom. The topological polar surface area (TPSA) is 89.9 Å². The highest BCUT2D eigenvalue weighted by Crippen LogP contribution is 2.38. The van der Waals surface area contributed by atoms with Gasteiger partial charge in [-0.3, -0.25) is 9.52 Å². The minimum absolute atomic E-state index is 0.0305. The van der Waals surface area contributed by atoms with Gasteiger partial charge < -0.3 is 18.9 Å². The van der Waals surface area contributed by atoms with E-state index in [2.05, 4.69) is 4.72 Å². The van der Waals surface area contributed by atoms with E-state index >= 15 is 0 Å². The number of nitrogens with zero attached hydrogens (tertiary/aromatic N) is 2. The van der Waals surface area contributed by atoms with E-state index in [1.807, 2.05) is 0 Å². The molecule has 1 N–H and O–H groups in total. The monoisotopic (exact) mass is 469 g/mol. The average Bonchev–Trinajstić information content (AvgIpc) is 2.98. The summed E-state index contributed by atoms with van der Waals surface area (Å²) in [6, 6.07) is 2.93. The molecule has 2 heterocycles. The molecule has 0 unspecified atom stereocenters. The number of anilines is 1. The first-order valence-corrected chi connectivity index (χ1v) is 11.9. The number of rotatable bonds is 6. The van der Waals surface area contributed by atoms with Crippen molar-refractivity contribution in [3.05, 3.63) is 34.1 Å². The molecule has 0 spiro atoms. The predicted octanol–water partition coefficient (Wildman–Crippen LogP) is 3.74. The summed E-state index contributed by atoms with van der Waals surface area (Å²) in [5.41, 5.74) is 1.44. The van der Waals surface area contributed by atoms with E-state index in [1.54, 1.807) is 30.4 Å². The van der Waals surface area contributed by atoms with Crippen LogP contribution in [0, 0.1) is 13.8 Å². The molecule has 1 fully saturated rings. The molecule has 8 nitrogen and oxygen atoms in total. The number of nitrogens with one attached hydrogen (secondary N) is 1. The highest BCUT2D eigenvalue weighted by Gasteiger charge is 2.34. The fourth-order valence-corrected chi connectivity index (χ4v) is 5.71. The largest absolute Gasteiger partial charge is 0.495 e. The summed E-state index contributed by atoms with van der Waals surface area (Å²) in [6.45, 7) is 4.70. The van der Waals surface area contributed by atoms with Gasteiger partial charge in [0.15, 0.2) is 0 Å². The molecule has 1 aromatic heterocycles. The van der Waals surface area contributed by atoms with Crippen molar-refractivity contribution in [3.63, 3.8) is 0 Å². The van der Waals surface area contributed by atoms with Crippen LogP contribution in [0.3, 0.4) is 0 Å². The minimum atomic E-state index is -4.13. The number of benzene rings is 1. The van der Waals surface area contributed by atoms with Crippen molar-refractivity contribution in [2.75, 3.05) is 32.0 Å². The Kier molecular flexibility index (Phi) is 6.76. The van der Waals surface area contributed by atoms with Crippen molar-refractivity contribution in [2.45, 2.75) is 38.0 Å². The van der Waals surface area contributed by atoms with Gasteiger partial charge in [-0.2, -0.15) is 0 Å². The Labute approximate surface area is 188 Å². The second kappa shape index (κ2) is 9.00. The molecule has 2 aromatic rings. The fourth-order valence-electron chi connectivity index (χ4n) is 3.89. The Balaban J connectivity index is 2.09. The first-order valence-electron chi connectivity index (χ1n) is 10.0. The van der Waals surface area contributed by atoms with Crippen LogP contribution in [0.25, 0.3) is 0 Å². The minimum Gasteiger partial charge on any atom is -0.495 e. The summed E-state index contributed by atoms with van der Waals surface area (Å²) in [5.74, 6) is 0.342. The van der Waals surface area contributed by atoms with Crippen LogP contribution in [0.5, 0.6) is 11.5 Å². The number of hydrogen-bond donors (Lipinski definition) is 1. The molecule has 0 aliphatic carbocycles. The first-order chi connectivity index (χ1) is 14.6. The van der Waals surface area contributed by atoms with Crippen LogP contribution in [0.2, 0.25) is 5.02 Å². The van der Waals surface area contributed by atoms with Gasteiger partial charge in [-0.05, 0) is 39.2 Å². The van der Waals surface area contributed by atoms with Gasteiger partial charge in [0.1, 0.15) is 16.4 Å². The van der Waals surface area contributed by atoms with Gasteiger partial charge in [0, 0.05) is 37.6 Å². The molecule has 0 saturated carbocycles. The van der Waals surface area contributed by atoms with Gasteiger partial charge >= 0.3 is 0 Å². The highest BCUT2D eigenvalue weighted by atomic mass is 35.5. The van der Waals surface area contributed by atoms with Crippen LogP contribution < -0.4 is 14.2 Å². The molecular formula is C21H28ClN3O5S. The molecule has 0 bridgehead atoms. The second-order valence-electron chi connectivity index (χ2n) is 7.58. The smallest absolute Gasteiger partial charge is 0.264 e. The number of sulfonamides is 1. The number of ether oxygens (including phenoxy) is 2. The molecule has 31 heavy (non-hydrogen) atoms. The SMILES string of the molecule is COc1cc(OC)c(NS(=O)(=O)c2c(C(=O)N3CCCCC3)c(C)n(C)c2C)cc1Cl. The average molecular weight is 470 g/mol. The first kappa shape index (κ1) is 23.3. The van der Waals surface area contributed by atoms with Crippen molar-refractivity contribution in [1.29, 1.82) is 0 Å². The van der Waals surface area contributed by atoms with Crippen LogP contribution in [0.4, 0.5) is 5.69 Å². The maximum absolute atomic E-state index is 13.5. The Morgan fingerprint density at radius 1 is 1.03 bits per heavy atom. The zero-order valence-corrected chi connectivity index (χ0v) is 20.0. The van der Waals surface area contributed by atoms with E-state index in [9.17, 15) is 13.2 Å². The number of amides is 1. The van der Waals surface area contributed by atoms with Crippen LogP contribution in [0.1, 0.15) is 41.0 Å². The second-order valence-corrected chi connectivity index (χ2v) is 9.61. The number of hydrogen-bond acceptors (Lipinski definition) is 5. The summed E-state index contributed by atoms with van der Waals surface area (Å²) >= 11 is 6.20. The molecule has 0 radical (unpaired) electrons. The van der Waals surface area contributed by atoms with Gasteiger partial charge in [0.25, 0.3) is 15.9 Å². The van der Waals surface area contributed by atoms with E-state index in [0.29, 0.717) is 30.2 Å². The van der Waals surface area contributed by atoms with Gasteiger partial charge in [-0.1, -0.05) is 11.6 Å². The maximum atomic E-state index is 13.5. The maximum Gasteiger partial charge on any atom is 0.264 e. The summed E-state index contributed by atoms with van der Waals surface area (Å²) in [7, 11) is 0.503. The lowest BCUT2D eigenvalue weighted by Crippen LogP contribution is -2.36. The molecule has 0 atom stereocenters. The van der Waals surface area contributed by atoms with Gasteiger partial charge in [0.2, 0.25) is 0 Å². The Bertz CT molecular complexity index is 1100. The highest BCUT2D eigenvalue weighted by molar-refractivity contribution is 7.92. The molecule has 1 aromatic carbocycles. The van der Waals surface area contributed by atoms with Crippen LogP contribution >= 0.6 is 11.6 Å². The third-order valence-corrected chi connectivity index (χ3v) is 7.59. The summed E-state index contributed by atoms with van der Waals surface area (Å²) in [6.07, 6.45) is 2.90. The number of likely N-dealkylation sites (tertiary alicyclic amines) is 1. The van der Waals surface area contributed by atoms with Crippen molar-refractivity contribution < 1.29 is 22.7 Å². The lowest BCUT2D eigenvalue weighted by molar-refractivity contribution is 0.0720. The van der Waals surface area contributed by atoms with Crippen molar-refractivity contribution in [1.82, 2.24) is 9.47 Å². The summed E-state index contributed by atoms with van der Waals surface area (Å²) in [4.78, 5) is 15.0. The number of piperidine rings is 1. The normalized spacial score (nSPS) is 14.5. The summed E-state index contributed by atoms with van der Waals surface area (Å²) < 4.78 is 41.8. The Morgan fingerprint density at radius 2 is 1.65 bits per heavy atom. The van der Waals surface area contributed by atoms with Gasteiger partial charge in [0.05, 0.1) is 30.5 Å². The van der Waals surface area contributed by atoms with Gasteiger partial charge in [-0.25, -0.2) is 8.42 Å². The van der Waals surface area contributed by atoms with E-state index < -0.39 is 10.0 Å². The Hall–Kier alpha value is -2.39. The molecule has 1 amide bonds. The van der Waals surface area contributed by atoms with Crippen LogP contribution in [0.15, 0.2) is 17.0 Å². The van der Waals surface area contributed by atoms with E-state index in [0.717, 1.165) is 19.3 Å². The quantitative estimate of drug-likeness (QED) is 0.696. The summed E-state index contributed by atoms with van der Waals surface area (Å²) in [5, 5.41) is 0.228. The number of halogens is 1. The lowest BCUT2D eigenvalue weighted by Gasteiger charge is -2.27. The molecule has 3 rings (SSSR count). The van der Waals surface area contributed by atoms with Crippen LogP contribution in [-0.2, 0) is 17.1 Å². The zero-order chi connectivity index (χ0) is 22.9. The van der Waals surface area contributed by atoms with Crippen molar-refractivity contribution in [2.24, 2.45) is 7.05 Å². The van der Waals surface area contributed by atoms with Crippen molar-refractivity contribution >= 4 is 33.2 Å². The lowest BCUT2D eigenvalue weighted by atomic mass is 10.1. The molecule has 1 aliphatic heterocycles. The third-order valence-electron chi connectivity index (χ3n) is 5.77. The third kappa shape index (κ3) is 4.34. The predicted molar refractivity (Wildman–Crippen MR) is 120 cm³/mol. The molecule has 10 heteroatoms. The standard InChI is InChI=1S/C21H28ClN3O5S/c1-13-19(21(26)25-9-7-6-8-10-25)20(14(2)24(13)3)31(27,28)23-16-11-15(22)17(29-4)12-18(16)30-5/h11-12,23H,6-10H2,1-5H3. The number of carbonyl (C=O) groups is 1. The number of carbonyl (C=O) groups excluding carboxylic acids is 1. The van der Waals surface area contributed by atoms with E-state index in [4.69, 9.17) is 21.1 Å². The van der Waals surface area contributed by atoms with Gasteiger partial charge in [-0.15, -0.1) is 0 Å². The molecular weight excluding hydrogens is 442 g/mol. The van der Waals surface area contributed by atoms with E-state index in [-0.39, 0.29) is 32.8 Å². The number of methoxy groups -OCH3 is 2. The fraction of sp³-hybridized carbons (Fsp3) is 0.476. The van der Waals surface area contributed by atoms with E-state index in [1.165, 1.54) is 26.4 Å². The number of aromatic nitrogens is 1. The van der Waals surface area contributed by atoms with Crippen LogP contribution in [-0.4, -0.2) is 51.1 Å². The zero-order valence-electron chi connectivity index (χ0n) is 18.4.